The second-order valence-corrected chi connectivity index (χ2v) is 5.20. The summed E-state index contributed by atoms with van der Waals surface area (Å²) in [5, 5.41) is 0. The highest BCUT2D eigenvalue weighted by molar-refractivity contribution is 5.60. The summed E-state index contributed by atoms with van der Waals surface area (Å²) in [6, 6.07) is 6.40. The summed E-state index contributed by atoms with van der Waals surface area (Å²) in [5.41, 5.74) is 7.80. The van der Waals surface area contributed by atoms with E-state index in [1.165, 1.54) is 0 Å². The van der Waals surface area contributed by atoms with E-state index in [0.717, 1.165) is 30.2 Å². The topological polar surface area (TPSA) is 38.5 Å². The van der Waals surface area contributed by atoms with Crippen molar-refractivity contribution in [2.75, 3.05) is 24.3 Å². The lowest BCUT2D eigenvalue weighted by molar-refractivity contribution is 0.317. The third-order valence-corrected chi connectivity index (χ3v) is 3.37. The van der Waals surface area contributed by atoms with E-state index in [9.17, 15) is 0 Å². The maximum absolute atomic E-state index is 5.94. The first kappa shape index (κ1) is 14.7. The van der Waals surface area contributed by atoms with Gasteiger partial charge in [0.1, 0.15) is 5.75 Å². The molecule has 0 radical (unpaired) electrons. The Kier molecular flexibility index (Phi) is 5.32. The van der Waals surface area contributed by atoms with Crippen molar-refractivity contribution in [1.82, 2.24) is 0 Å². The standard InChI is InChI=1S/C15H26N2O/c1-6-7-18-15-9-13(16)8-14(10-15)17(5)12(4)11(2)3/h8-12H,6-7,16H2,1-5H3. The Morgan fingerprint density at radius 1 is 1.22 bits per heavy atom. The number of rotatable bonds is 6. The first-order valence-electron chi connectivity index (χ1n) is 6.72. The molecule has 1 aromatic rings. The molecule has 18 heavy (non-hydrogen) atoms. The molecule has 0 fully saturated rings. The highest BCUT2D eigenvalue weighted by Gasteiger charge is 2.14. The molecule has 1 unspecified atom stereocenters. The van der Waals surface area contributed by atoms with Crippen LogP contribution in [0.25, 0.3) is 0 Å². The van der Waals surface area contributed by atoms with Gasteiger partial charge < -0.3 is 15.4 Å². The van der Waals surface area contributed by atoms with Gasteiger partial charge in [0, 0.05) is 36.6 Å². The van der Waals surface area contributed by atoms with Crippen LogP contribution in [0.2, 0.25) is 0 Å². The molecule has 1 rings (SSSR count). The number of nitrogen functional groups attached to an aromatic ring is 1. The fraction of sp³-hybridized carbons (Fsp3) is 0.600. The van der Waals surface area contributed by atoms with Crippen molar-refractivity contribution in [3.63, 3.8) is 0 Å². The van der Waals surface area contributed by atoms with Gasteiger partial charge in [-0.2, -0.15) is 0 Å². The average molecular weight is 250 g/mol. The van der Waals surface area contributed by atoms with Crippen LogP contribution in [-0.4, -0.2) is 19.7 Å². The molecule has 2 N–H and O–H groups in total. The highest BCUT2D eigenvalue weighted by atomic mass is 16.5. The minimum absolute atomic E-state index is 0.464. The van der Waals surface area contributed by atoms with Gasteiger partial charge in [-0.25, -0.2) is 0 Å². The van der Waals surface area contributed by atoms with Crippen molar-refractivity contribution < 1.29 is 4.74 Å². The molecule has 0 heterocycles. The first-order chi connectivity index (χ1) is 8.45. The van der Waals surface area contributed by atoms with Gasteiger partial charge in [0.15, 0.2) is 0 Å². The lowest BCUT2D eigenvalue weighted by Crippen LogP contribution is -2.33. The molecule has 0 aliphatic heterocycles. The predicted molar refractivity (Wildman–Crippen MR) is 79.3 cm³/mol. The fourth-order valence-electron chi connectivity index (χ4n) is 1.80. The Bertz CT molecular complexity index is 377. The molecule has 3 nitrogen and oxygen atoms in total. The Morgan fingerprint density at radius 3 is 2.44 bits per heavy atom. The summed E-state index contributed by atoms with van der Waals surface area (Å²) in [6.07, 6.45) is 1.00. The maximum atomic E-state index is 5.94. The molecule has 0 aromatic heterocycles. The van der Waals surface area contributed by atoms with Crippen LogP contribution < -0.4 is 15.4 Å². The molecule has 0 saturated carbocycles. The van der Waals surface area contributed by atoms with Gasteiger partial charge in [0.05, 0.1) is 6.61 Å². The molecule has 1 atom stereocenters. The third kappa shape index (κ3) is 3.83. The quantitative estimate of drug-likeness (QED) is 0.785. The zero-order valence-electron chi connectivity index (χ0n) is 12.2. The van der Waals surface area contributed by atoms with Crippen molar-refractivity contribution in [2.45, 2.75) is 40.2 Å². The summed E-state index contributed by atoms with van der Waals surface area (Å²) >= 11 is 0. The van der Waals surface area contributed by atoms with Crippen molar-refractivity contribution in [3.05, 3.63) is 18.2 Å². The number of anilines is 2. The lowest BCUT2D eigenvalue weighted by atomic mass is 10.0. The number of nitrogens with two attached hydrogens (primary N) is 1. The minimum atomic E-state index is 0.464. The summed E-state index contributed by atoms with van der Waals surface area (Å²) in [6.45, 7) is 9.50. The van der Waals surface area contributed by atoms with Gasteiger partial charge in [-0.05, 0) is 25.3 Å². The van der Waals surface area contributed by atoms with Crippen LogP contribution >= 0.6 is 0 Å². The molecular weight excluding hydrogens is 224 g/mol. The molecule has 0 spiro atoms. The number of nitrogens with zero attached hydrogens (tertiary/aromatic N) is 1. The van der Waals surface area contributed by atoms with E-state index in [0.29, 0.717) is 12.0 Å². The molecule has 1 aromatic carbocycles. The second-order valence-electron chi connectivity index (χ2n) is 5.20. The number of hydrogen-bond acceptors (Lipinski definition) is 3. The van der Waals surface area contributed by atoms with Crippen LogP contribution in [0.4, 0.5) is 11.4 Å². The van der Waals surface area contributed by atoms with Crippen LogP contribution in [0.15, 0.2) is 18.2 Å². The zero-order chi connectivity index (χ0) is 13.7. The maximum Gasteiger partial charge on any atom is 0.123 e. The van der Waals surface area contributed by atoms with E-state index in [1.807, 2.05) is 12.1 Å². The second kappa shape index (κ2) is 6.53. The molecule has 0 aliphatic rings. The average Bonchev–Trinajstić information content (AvgIpc) is 2.33. The monoisotopic (exact) mass is 250 g/mol. The Hall–Kier alpha value is -1.38. The SMILES string of the molecule is CCCOc1cc(N)cc(N(C)C(C)C(C)C)c1. The van der Waals surface area contributed by atoms with E-state index in [1.54, 1.807) is 0 Å². The van der Waals surface area contributed by atoms with E-state index >= 15 is 0 Å². The highest BCUT2D eigenvalue weighted by Crippen LogP contribution is 2.27. The van der Waals surface area contributed by atoms with Crippen molar-refractivity contribution in [1.29, 1.82) is 0 Å². The van der Waals surface area contributed by atoms with Gasteiger partial charge in [0.2, 0.25) is 0 Å². The van der Waals surface area contributed by atoms with E-state index in [2.05, 4.69) is 45.7 Å². The zero-order valence-corrected chi connectivity index (χ0v) is 12.2. The minimum Gasteiger partial charge on any atom is -0.493 e. The number of hydrogen-bond donors (Lipinski definition) is 1. The van der Waals surface area contributed by atoms with Crippen molar-refractivity contribution in [2.24, 2.45) is 5.92 Å². The van der Waals surface area contributed by atoms with Crippen LogP contribution in [-0.2, 0) is 0 Å². The molecule has 3 heteroatoms. The molecule has 0 bridgehead atoms. The van der Waals surface area contributed by atoms with Gasteiger partial charge in [-0.1, -0.05) is 20.8 Å². The molecule has 102 valence electrons. The van der Waals surface area contributed by atoms with Crippen LogP contribution in [0.1, 0.15) is 34.1 Å². The van der Waals surface area contributed by atoms with Crippen molar-refractivity contribution in [3.8, 4) is 5.75 Å². The molecule has 0 saturated heterocycles. The van der Waals surface area contributed by atoms with E-state index in [-0.39, 0.29) is 0 Å². The van der Waals surface area contributed by atoms with Crippen LogP contribution in [0, 0.1) is 5.92 Å². The van der Waals surface area contributed by atoms with Gasteiger partial charge in [0.25, 0.3) is 0 Å². The van der Waals surface area contributed by atoms with Crippen LogP contribution in [0.5, 0.6) is 5.75 Å². The Balaban J connectivity index is 2.91. The van der Waals surface area contributed by atoms with Gasteiger partial charge in [-0.3, -0.25) is 0 Å². The van der Waals surface area contributed by atoms with Crippen molar-refractivity contribution >= 4 is 11.4 Å². The first-order valence-corrected chi connectivity index (χ1v) is 6.72. The smallest absolute Gasteiger partial charge is 0.123 e. The Morgan fingerprint density at radius 2 is 1.89 bits per heavy atom. The predicted octanol–water partition coefficient (Wildman–Crippen LogP) is 3.54. The van der Waals surface area contributed by atoms with Gasteiger partial charge in [-0.15, -0.1) is 0 Å². The van der Waals surface area contributed by atoms with Crippen LogP contribution in [0.3, 0.4) is 0 Å². The summed E-state index contributed by atoms with van der Waals surface area (Å²) in [5.74, 6) is 1.45. The largest absolute Gasteiger partial charge is 0.493 e. The van der Waals surface area contributed by atoms with Gasteiger partial charge >= 0.3 is 0 Å². The summed E-state index contributed by atoms with van der Waals surface area (Å²) < 4.78 is 5.66. The fourth-order valence-corrected chi connectivity index (χ4v) is 1.80. The summed E-state index contributed by atoms with van der Waals surface area (Å²) in [4.78, 5) is 2.25. The van der Waals surface area contributed by atoms with E-state index in [4.69, 9.17) is 10.5 Å². The third-order valence-electron chi connectivity index (χ3n) is 3.37. The number of ether oxygens (including phenoxy) is 1. The Labute approximate surface area is 111 Å². The summed E-state index contributed by atoms with van der Waals surface area (Å²) in [7, 11) is 2.10. The number of benzene rings is 1. The normalized spacial score (nSPS) is 12.6. The molecule has 0 aliphatic carbocycles. The molecule has 0 amide bonds. The molecular formula is C15H26N2O. The lowest BCUT2D eigenvalue weighted by Gasteiger charge is -2.30. The van der Waals surface area contributed by atoms with E-state index < -0.39 is 0 Å².